The fraction of sp³-hybridized carbons (Fsp3) is 0.250. The summed E-state index contributed by atoms with van der Waals surface area (Å²) in [5.41, 5.74) is -0.845. The number of aromatic carboxylic acids is 1. The number of rotatable bonds is 3. The molecule has 16 heavy (non-hydrogen) atoms. The average molecular weight is 239 g/mol. The van der Waals surface area contributed by atoms with Gasteiger partial charge in [0, 0.05) is 5.02 Å². The van der Waals surface area contributed by atoms with Crippen LogP contribution in [0.15, 0.2) is 18.2 Å². The highest BCUT2D eigenvalue weighted by molar-refractivity contribution is 6.30. The van der Waals surface area contributed by atoms with Crippen LogP contribution in [0.3, 0.4) is 0 Å². The topological polar surface area (TPSA) is 46.5 Å². The molecule has 0 saturated carbocycles. The number of carboxylic acids is 1. The summed E-state index contributed by atoms with van der Waals surface area (Å²) in [7, 11) is 0. The fourth-order valence-electron chi connectivity index (χ4n) is 1.06. The number of hydrogen-bond donors (Lipinski definition) is 1. The van der Waals surface area contributed by atoms with Crippen molar-refractivity contribution in [3.05, 3.63) is 28.8 Å². The highest BCUT2D eigenvalue weighted by Crippen LogP contribution is 2.26. The maximum atomic E-state index is 10.9. The van der Waals surface area contributed by atoms with Crippen molar-refractivity contribution in [2.75, 3.05) is 0 Å². The molecule has 4 heteroatoms. The molecule has 0 saturated heterocycles. The van der Waals surface area contributed by atoms with Gasteiger partial charge in [-0.1, -0.05) is 17.5 Å². The molecule has 0 aliphatic rings. The number of benzene rings is 1. The first-order valence-corrected chi connectivity index (χ1v) is 4.93. The molecule has 84 valence electrons. The molecule has 0 heterocycles. The summed E-state index contributed by atoms with van der Waals surface area (Å²) in [6, 6.07) is 4.30. The zero-order valence-corrected chi connectivity index (χ0v) is 9.71. The number of carbonyl (C=O) groups is 1. The van der Waals surface area contributed by atoms with E-state index in [2.05, 4.69) is 5.92 Å². The van der Waals surface area contributed by atoms with Crippen LogP contribution in [0.1, 0.15) is 24.2 Å². The van der Waals surface area contributed by atoms with Crippen molar-refractivity contribution in [1.82, 2.24) is 0 Å². The SMILES string of the molecule is C#CC(C)(C)Oc1cc(Cl)ccc1C(=O)O. The zero-order valence-electron chi connectivity index (χ0n) is 8.95. The van der Waals surface area contributed by atoms with E-state index in [1.165, 1.54) is 18.2 Å². The summed E-state index contributed by atoms with van der Waals surface area (Å²) in [6.07, 6.45) is 5.26. The van der Waals surface area contributed by atoms with Crippen LogP contribution in [-0.4, -0.2) is 16.7 Å². The lowest BCUT2D eigenvalue weighted by molar-refractivity contribution is 0.0687. The summed E-state index contributed by atoms with van der Waals surface area (Å²) in [5, 5.41) is 9.35. The highest BCUT2D eigenvalue weighted by atomic mass is 35.5. The van der Waals surface area contributed by atoms with E-state index in [9.17, 15) is 4.79 Å². The van der Waals surface area contributed by atoms with Crippen LogP contribution in [0, 0.1) is 12.3 Å². The van der Waals surface area contributed by atoms with Gasteiger partial charge in [0.15, 0.2) is 5.60 Å². The molecule has 0 fully saturated rings. The molecule has 1 aromatic carbocycles. The Morgan fingerprint density at radius 2 is 2.19 bits per heavy atom. The largest absolute Gasteiger partial charge is 0.478 e. The highest BCUT2D eigenvalue weighted by Gasteiger charge is 2.20. The Morgan fingerprint density at radius 3 is 2.69 bits per heavy atom. The third-order valence-electron chi connectivity index (χ3n) is 1.89. The Hall–Kier alpha value is -1.66. The smallest absolute Gasteiger partial charge is 0.339 e. The molecular weight excluding hydrogens is 228 g/mol. The number of terminal acetylenes is 1. The molecule has 0 radical (unpaired) electrons. The normalized spacial score (nSPS) is 10.6. The average Bonchev–Trinajstić information content (AvgIpc) is 2.16. The fourth-order valence-corrected chi connectivity index (χ4v) is 1.22. The van der Waals surface area contributed by atoms with E-state index in [4.69, 9.17) is 27.9 Å². The summed E-state index contributed by atoms with van der Waals surface area (Å²) in [6.45, 7) is 3.33. The Kier molecular flexibility index (Phi) is 3.46. The second kappa shape index (κ2) is 4.46. The van der Waals surface area contributed by atoms with Crippen molar-refractivity contribution in [1.29, 1.82) is 0 Å². The third-order valence-corrected chi connectivity index (χ3v) is 2.12. The summed E-state index contributed by atoms with van der Waals surface area (Å²) in [4.78, 5) is 10.9. The molecule has 0 unspecified atom stereocenters. The van der Waals surface area contributed by atoms with Crippen LogP contribution in [0.5, 0.6) is 5.75 Å². The first-order chi connectivity index (χ1) is 7.35. The Labute approximate surface area is 99.0 Å². The summed E-state index contributed by atoms with van der Waals surface area (Å²) in [5.74, 6) is 1.50. The maximum Gasteiger partial charge on any atom is 0.339 e. The van der Waals surface area contributed by atoms with Gasteiger partial charge in [-0.15, -0.1) is 6.42 Å². The van der Waals surface area contributed by atoms with Crippen molar-refractivity contribution < 1.29 is 14.6 Å². The quantitative estimate of drug-likeness (QED) is 0.824. The van der Waals surface area contributed by atoms with Gasteiger partial charge in [-0.3, -0.25) is 0 Å². The molecule has 1 N–H and O–H groups in total. The van der Waals surface area contributed by atoms with E-state index in [1.807, 2.05) is 0 Å². The number of ether oxygens (including phenoxy) is 1. The van der Waals surface area contributed by atoms with Crippen molar-refractivity contribution in [2.45, 2.75) is 19.4 Å². The molecule has 0 spiro atoms. The Balaban J connectivity index is 3.17. The van der Waals surface area contributed by atoms with Gasteiger partial charge in [0.2, 0.25) is 0 Å². The molecule has 0 atom stereocenters. The number of carboxylic acid groups (broad SMARTS) is 1. The van der Waals surface area contributed by atoms with Crippen LogP contribution in [-0.2, 0) is 0 Å². The Morgan fingerprint density at radius 1 is 1.56 bits per heavy atom. The summed E-state index contributed by atoms with van der Waals surface area (Å²) < 4.78 is 5.42. The van der Waals surface area contributed by atoms with E-state index >= 15 is 0 Å². The maximum absolute atomic E-state index is 10.9. The molecular formula is C12H11ClO3. The minimum Gasteiger partial charge on any atom is -0.478 e. The first-order valence-electron chi connectivity index (χ1n) is 4.55. The standard InChI is InChI=1S/C12H11ClO3/c1-4-12(2,3)16-10-7-8(13)5-6-9(10)11(14)15/h1,5-7H,2-3H3,(H,14,15). The van der Waals surface area contributed by atoms with E-state index in [0.717, 1.165) is 0 Å². The molecule has 1 rings (SSSR count). The van der Waals surface area contributed by atoms with E-state index in [0.29, 0.717) is 5.02 Å². The van der Waals surface area contributed by atoms with Gasteiger partial charge in [0.1, 0.15) is 11.3 Å². The lowest BCUT2D eigenvalue weighted by Gasteiger charge is -2.21. The van der Waals surface area contributed by atoms with Gasteiger partial charge in [-0.2, -0.15) is 0 Å². The Bertz CT molecular complexity index is 458. The molecule has 0 bridgehead atoms. The van der Waals surface area contributed by atoms with Crippen LogP contribution < -0.4 is 4.74 Å². The van der Waals surface area contributed by atoms with Gasteiger partial charge < -0.3 is 9.84 Å². The molecule has 0 aliphatic heterocycles. The van der Waals surface area contributed by atoms with Crippen LogP contribution in [0.4, 0.5) is 0 Å². The lowest BCUT2D eigenvalue weighted by atomic mass is 10.1. The van der Waals surface area contributed by atoms with Gasteiger partial charge in [0.25, 0.3) is 0 Å². The van der Waals surface area contributed by atoms with Crippen molar-refractivity contribution in [3.63, 3.8) is 0 Å². The minimum absolute atomic E-state index is 0.0349. The second-order valence-electron chi connectivity index (χ2n) is 3.70. The second-order valence-corrected chi connectivity index (χ2v) is 4.14. The first kappa shape index (κ1) is 12.4. The monoisotopic (exact) mass is 238 g/mol. The van der Waals surface area contributed by atoms with Crippen molar-refractivity contribution in [3.8, 4) is 18.1 Å². The van der Waals surface area contributed by atoms with E-state index in [1.54, 1.807) is 13.8 Å². The number of hydrogen-bond acceptors (Lipinski definition) is 2. The molecule has 0 aromatic heterocycles. The molecule has 3 nitrogen and oxygen atoms in total. The van der Waals surface area contributed by atoms with Gasteiger partial charge in [-0.25, -0.2) is 4.79 Å². The van der Waals surface area contributed by atoms with Crippen molar-refractivity contribution >= 4 is 17.6 Å². The minimum atomic E-state index is -1.08. The van der Waals surface area contributed by atoms with Gasteiger partial charge in [0.05, 0.1) is 0 Å². The number of halogens is 1. The zero-order chi connectivity index (χ0) is 12.3. The van der Waals surface area contributed by atoms with Crippen LogP contribution in [0.2, 0.25) is 5.02 Å². The predicted molar refractivity (Wildman–Crippen MR) is 62.0 cm³/mol. The van der Waals surface area contributed by atoms with Gasteiger partial charge in [-0.05, 0) is 32.0 Å². The van der Waals surface area contributed by atoms with E-state index in [-0.39, 0.29) is 11.3 Å². The third kappa shape index (κ3) is 2.91. The van der Waals surface area contributed by atoms with Crippen LogP contribution in [0.25, 0.3) is 0 Å². The molecule has 1 aromatic rings. The summed E-state index contributed by atoms with van der Waals surface area (Å²) >= 11 is 5.77. The van der Waals surface area contributed by atoms with E-state index < -0.39 is 11.6 Å². The predicted octanol–water partition coefficient (Wildman–Crippen LogP) is 2.83. The lowest BCUT2D eigenvalue weighted by Crippen LogP contribution is -2.26. The van der Waals surface area contributed by atoms with Gasteiger partial charge >= 0.3 is 5.97 Å². The molecule has 0 aliphatic carbocycles. The van der Waals surface area contributed by atoms with Crippen molar-refractivity contribution in [2.24, 2.45) is 0 Å². The molecule has 0 amide bonds. The van der Waals surface area contributed by atoms with Crippen LogP contribution >= 0.6 is 11.6 Å².